The van der Waals surface area contributed by atoms with E-state index in [0.29, 0.717) is 35.0 Å². The minimum Gasteiger partial charge on any atom is -0.426 e. The van der Waals surface area contributed by atoms with Crippen molar-refractivity contribution in [3.8, 4) is 5.75 Å². The van der Waals surface area contributed by atoms with Gasteiger partial charge in [0, 0.05) is 17.5 Å². The van der Waals surface area contributed by atoms with E-state index in [4.69, 9.17) is 9.15 Å². The Hall–Kier alpha value is -2.10. The van der Waals surface area contributed by atoms with E-state index in [1.807, 2.05) is 0 Å². The Morgan fingerprint density at radius 1 is 1.13 bits per heavy atom. The van der Waals surface area contributed by atoms with Crippen molar-refractivity contribution in [2.24, 2.45) is 29.6 Å². The first kappa shape index (κ1) is 14.5. The van der Waals surface area contributed by atoms with Crippen LogP contribution in [-0.2, 0) is 4.79 Å². The quantitative estimate of drug-likeness (QED) is 0.483. The lowest BCUT2D eigenvalue weighted by atomic mass is 9.76. The second-order valence-corrected chi connectivity index (χ2v) is 7.10. The highest BCUT2D eigenvalue weighted by Gasteiger charge is 2.51. The second-order valence-electron chi connectivity index (χ2n) is 7.10. The fourth-order valence-electron chi connectivity index (χ4n) is 4.51. The highest BCUT2D eigenvalue weighted by molar-refractivity contribution is 5.80. The third kappa shape index (κ3) is 2.37. The van der Waals surface area contributed by atoms with Crippen LogP contribution in [-0.4, -0.2) is 5.97 Å². The molecule has 5 atom stereocenters. The van der Waals surface area contributed by atoms with Crippen molar-refractivity contribution < 1.29 is 13.9 Å². The third-order valence-electron chi connectivity index (χ3n) is 6.01. The largest absolute Gasteiger partial charge is 0.426 e. The maximum atomic E-state index is 12.5. The fraction of sp³-hybridized carbons (Fsp3) is 0.474. The summed E-state index contributed by atoms with van der Waals surface area (Å²) < 4.78 is 10.7. The number of hydrogen-bond donors (Lipinski definition) is 0. The highest BCUT2D eigenvalue weighted by atomic mass is 16.5. The van der Waals surface area contributed by atoms with Gasteiger partial charge in [0.15, 0.2) is 0 Å². The molecule has 4 heteroatoms. The van der Waals surface area contributed by atoms with Gasteiger partial charge in [0.1, 0.15) is 11.3 Å². The first-order chi connectivity index (χ1) is 11.0. The highest BCUT2D eigenvalue weighted by Crippen LogP contribution is 2.55. The number of fused-ring (bicyclic) bond motifs is 3. The van der Waals surface area contributed by atoms with Crippen molar-refractivity contribution in [2.45, 2.75) is 26.7 Å². The van der Waals surface area contributed by atoms with Gasteiger partial charge in [0.25, 0.3) is 0 Å². The van der Waals surface area contributed by atoms with E-state index in [9.17, 15) is 9.59 Å². The summed E-state index contributed by atoms with van der Waals surface area (Å²) in [6, 6.07) is 8.25. The molecule has 0 radical (unpaired) electrons. The van der Waals surface area contributed by atoms with Crippen molar-refractivity contribution in [3.63, 3.8) is 0 Å². The van der Waals surface area contributed by atoms with Gasteiger partial charge in [-0.1, -0.05) is 13.8 Å². The van der Waals surface area contributed by atoms with Gasteiger partial charge in [-0.2, -0.15) is 0 Å². The Labute approximate surface area is 134 Å². The molecule has 2 bridgehead atoms. The van der Waals surface area contributed by atoms with Crippen molar-refractivity contribution in [1.29, 1.82) is 0 Å². The first-order valence-corrected chi connectivity index (χ1v) is 8.28. The van der Waals surface area contributed by atoms with Crippen LogP contribution in [0.15, 0.2) is 39.5 Å². The van der Waals surface area contributed by atoms with Gasteiger partial charge in [-0.3, -0.25) is 4.79 Å². The molecule has 0 spiro atoms. The van der Waals surface area contributed by atoms with Crippen LogP contribution in [0.3, 0.4) is 0 Å². The molecular formula is C19H20O4. The van der Waals surface area contributed by atoms with Gasteiger partial charge in [0.05, 0.1) is 5.92 Å². The number of carbonyl (C=O) groups excluding carboxylic acids is 1. The lowest BCUT2D eigenvalue weighted by molar-refractivity contribution is -0.141. The first-order valence-electron chi connectivity index (χ1n) is 8.28. The van der Waals surface area contributed by atoms with Gasteiger partial charge in [0.2, 0.25) is 0 Å². The molecule has 2 aliphatic carbocycles. The van der Waals surface area contributed by atoms with E-state index >= 15 is 0 Å². The number of benzene rings is 1. The molecule has 2 saturated carbocycles. The molecule has 2 aliphatic rings. The van der Waals surface area contributed by atoms with Crippen molar-refractivity contribution in [1.82, 2.24) is 0 Å². The van der Waals surface area contributed by atoms with Crippen LogP contribution >= 0.6 is 0 Å². The van der Waals surface area contributed by atoms with Gasteiger partial charge >= 0.3 is 11.6 Å². The molecule has 1 aromatic carbocycles. The Kier molecular flexibility index (Phi) is 3.29. The molecule has 4 rings (SSSR count). The zero-order chi connectivity index (χ0) is 16.1. The average molecular weight is 312 g/mol. The number of esters is 1. The smallest absolute Gasteiger partial charge is 0.336 e. The predicted octanol–water partition coefficient (Wildman–Crippen LogP) is 3.63. The third-order valence-corrected chi connectivity index (χ3v) is 6.01. The number of rotatable bonds is 2. The summed E-state index contributed by atoms with van der Waals surface area (Å²) in [7, 11) is 0. The Bertz CT molecular complexity index is 819. The van der Waals surface area contributed by atoms with E-state index in [1.165, 1.54) is 6.07 Å². The summed E-state index contributed by atoms with van der Waals surface area (Å²) in [4.78, 5) is 23.9. The standard InChI is InChI=1S/C19H20O4/c1-10-11(2)15-7-13(10)8-16(15)19(21)22-14-5-3-12-4-6-18(20)23-17(12)9-14/h3-6,9-11,13,15-16H,7-8H2,1-2H3. The van der Waals surface area contributed by atoms with Gasteiger partial charge < -0.3 is 9.15 Å². The molecule has 120 valence electrons. The Morgan fingerprint density at radius 3 is 2.65 bits per heavy atom. The van der Waals surface area contributed by atoms with Crippen LogP contribution in [0.2, 0.25) is 0 Å². The van der Waals surface area contributed by atoms with Crippen LogP contribution < -0.4 is 10.4 Å². The molecule has 0 N–H and O–H groups in total. The van der Waals surface area contributed by atoms with Crippen molar-refractivity contribution in [2.75, 3.05) is 0 Å². The molecule has 0 aliphatic heterocycles. The molecule has 23 heavy (non-hydrogen) atoms. The van der Waals surface area contributed by atoms with E-state index in [1.54, 1.807) is 24.3 Å². The summed E-state index contributed by atoms with van der Waals surface area (Å²) in [5.41, 5.74) is 0.0367. The lowest BCUT2D eigenvalue weighted by Crippen LogP contribution is -2.32. The van der Waals surface area contributed by atoms with Crippen LogP contribution in [0.1, 0.15) is 26.7 Å². The molecule has 4 nitrogen and oxygen atoms in total. The van der Waals surface area contributed by atoms with Gasteiger partial charge in [-0.05, 0) is 54.7 Å². The normalized spacial score (nSPS) is 32.3. The number of carbonyl (C=O) groups is 1. The van der Waals surface area contributed by atoms with Crippen LogP contribution in [0, 0.1) is 29.6 Å². The monoisotopic (exact) mass is 312 g/mol. The molecule has 0 amide bonds. The predicted molar refractivity (Wildman–Crippen MR) is 86.2 cm³/mol. The Balaban J connectivity index is 1.54. The van der Waals surface area contributed by atoms with Crippen LogP contribution in [0.4, 0.5) is 0 Å². The molecule has 1 aromatic heterocycles. The van der Waals surface area contributed by atoms with Crippen molar-refractivity contribution in [3.05, 3.63) is 40.8 Å². The lowest BCUT2D eigenvalue weighted by Gasteiger charge is -2.30. The van der Waals surface area contributed by atoms with Gasteiger partial charge in [-0.25, -0.2) is 4.79 Å². The molecular weight excluding hydrogens is 292 g/mol. The van der Waals surface area contributed by atoms with Crippen LogP contribution in [0.5, 0.6) is 5.75 Å². The number of ether oxygens (including phenoxy) is 1. The van der Waals surface area contributed by atoms with E-state index in [0.717, 1.165) is 18.2 Å². The summed E-state index contributed by atoms with van der Waals surface area (Å²) >= 11 is 0. The zero-order valence-corrected chi connectivity index (χ0v) is 13.3. The maximum Gasteiger partial charge on any atom is 0.336 e. The second kappa shape index (κ2) is 5.22. The fourth-order valence-corrected chi connectivity index (χ4v) is 4.51. The van der Waals surface area contributed by atoms with Gasteiger partial charge in [-0.15, -0.1) is 0 Å². The molecule has 2 fully saturated rings. The SMILES string of the molecule is CC1C2CC(C(=O)Oc3ccc4ccc(=O)oc4c3)C(C2)C1C. The van der Waals surface area contributed by atoms with Crippen LogP contribution in [0.25, 0.3) is 11.0 Å². The average Bonchev–Trinajstić information content (AvgIpc) is 3.08. The molecule has 5 unspecified atom stereocenters. The summed E-state index contributed by atoms with van der Waals surface area (Å²) in [5.74, 6) is 2.70. The van der Waals surface area contributed by atoms with E-state index in [-0.39, 0.29) is 11.9 Å². The zero-order valence-electron chi connectivity index (χ0n) is 13.3. The minimum atomic E-state index is -0.406. The van der Waals surface area contributed by atoms with E-state index in [2.05, 4.69) is 13.8 Å². The molecule has 2 aromatic rings. The topological polar surface area (TPSA) is 56.5 Å². The number of hydrogen-bond acceptors (Lipinski definition) is 4. The minimum absolute atomic E-state index is 0.00433. The molecule has 0 saturated heterocycles. The molecule has 1 heterocycles. The van der Waals surface area contributed by atoms with Crippen molar-refractivity contribution >= 4 is 16.9 Å². The maximum absolute atomic E-state index is 12.5. The summed E-state index contributed by atoms with van der Waals surface area (Å²) in [6.45, 7) is 4.54. The van der Waals surface area contributed by atoms with E-state index < -0.39 is 5.63 Å². The Morgan fingerprint density at radius 2 is 1.91 bits per heavy atom. The summed E-state index contributed by atoms with van der Waals surface area (Å²) in [5, 5.41) is 0.812. The summed E-state index contributed by atoms with van der Waals surface area (Å²) in [6.07, 6.45) is 2.09.